The Hall–Kier alpha value is -1.93. The number of likely N-dealkylation sites (tertiary alicyclic amines) is 1. The Morgan fingerprint density at radius 3 is 2.45 bits per heavy atom. The number of nitrogens with one attached hydrogen (secondary N) is 2. The Morgan fingerprint density at radius 1 is 1.19 bits per heavy atom. The van der Waals surface area contributed by atoms with Gasteiger partial charge in [-0.15, -0.1) is 0 Å². The smallest absolute Gasteiger partial charge is 0.246 e. The highest BCUT2D eigenvalue weighted by atomic mass is 16.3. The zero-order chi connectivity index (χ0) is 23.6. The zero-order valence-corrected chi connectivity index (χ0v) is 20.1. The van der Waals surface area contributed by atoms with Crippen molar-refractivity contribution in [1.29, 1.82) is 0 Å². The van der Waals surface area contributed by atoms with E-state index in [2.05, 4.69) is 29.4 Å². The molecular formula is C23H42N4O4. The summed E-state index contributed by atoms with van der Waals surface area (Å²) in [6.07, 6.45) is 5.26. The maximum atomic E-state index is 13.0. The largest absolute Gasteiger partial charge is 0.395 e. The van der Waals surface area contributed by atoms with Crippen LogP contribution in [-0.4, -0.2) is 84.0 Å². The second kappa shape index (κ2) is 13.5. The van der Waals surface area contributed by atoms with Crippen LogP contribution in [0, 0.1) is 5.92 Å². The second-order valence-corrected chi connectivity index (χ2v) is 8.99. The highest BCUT2D eigenvalue weighted by Gasteiger charge is 2.34. The van der Waals surface area contributed by atoms with Crippen molar-refractivity contribution in [3.63, 3.8) is 0 Å². The molecule has 0 aliphatic carbocycles. The van der Waals surface area contributed by atoms with Crippen LogP contribution in [0.3, 0.4) is 0 Å². The van der Waals surface area contributed by atoms with E-state index in [0.29, 0.717) is 18.5 Å². The Morgan fingerprint density at radius 2 is 1.87 bits per heavy atom. The van der Waals surface area contributed by atoms with Crippen molar-refractivity contribution in [2.45, 2.75) is 78.4 Å². The lowest BCUT2D eigenvalue weighted by molar-refractivity contribution is -0.138. The number of carbonyl (C=O) groups is 3. The molecule has 1 fully saturated rings. The van der Waals surface area contributed by atoms with Gasteiger partial charge in [0, 0.05) is 31.8 Å². The van der Waals surface area contributed by atoms with Crippen LogP contribution in [0.5, 0.6) is 0 Å². The van der Waals surface area contributed by atoms with Crippen molar-refractivity contribution in [1.82, 2.24) is 20.4 Å². The van der Waals surface area contributed by atoms with E-state index < -0.39 is 6.04 Å². The highest BCUT2D eigenvalue weighted by Crippen LogP contribution is 2.20. The first-order valence-electron chi connectivity index (χ1n) is 11.5. The minimum Gasteiger partial charge on any atom is -0.395 e. The number of nitrogens with zero attached hydrogens (tertiary/aromatic N) is 2. The molecule has 0 bridgehead atoms. The summed E-state index contributed by atoms with van der Waals surface area (Å²) in [5.41, 5.74) is 0.550. The lowest BCUT2D eigenvalue weighted by Crippen LogP contribution is -2.57. The number of likely N-dealkylation sites (N-methyl/N-ethyl adjacent to an activating group) is 1. The van der Waals surface area contributed by atoms with E-state index >= 15 is 0 Å². The Balaban J connectivity index is 2.69. The molecule has 8 heteroatoms. The fourth-order valence-corrected chi connectivity index (χ4v) is 3.84. The molecule has 0 aromatic carbocycles. The molecule has 8 nitrogen and oxygen atoms in total. The molecule has 2 atom stereocenters. The first kappa shape index (κ1) is 27.1. The third-order valence-electron chi connectivity index (χ3n) is 5.79. The van der Waals surface area contributed by atoms with Gasteiger partial charge in [-0.05, 0) is 52.5 Å². The summed E-state index contributed by atoms with van der Waals surface area (Å²) in [6.45, 7) is 11.3. The van der Waals surface area contributed by atoms with Gasteiger partial charge >= 0.3 is 0 Å². The van der Waals surface area contributed by atoms with E-state index in [1.54, 1.807) is 24.9 Å². The topological polar surface area (TPSA) is 102 Å². The molecule has 178 valence electrons. The molecule has 31 heavy (non-hydrogen) atoms. The van der Waals surface area contributed by atoms with Gasteiger partial charge in [0.1, 0.15) is 6.04 Å². The summed E-state index contributed by atoms with van der Waals surface area (Å²) in [7, 11) is 1.72. The van der Waals surface area contributed by atoms with Crippen LogP contribution in [0.4, 0.5) is 0 Å². The molecule has 2 unspecified atom stereocenters. The van der Waals surface area contributed by atoms with Gasteiger partial charge in [-0.1, -0.05) is 26.3 Å². The van der Waals surface area contributed by atoms with Gasteiger partial charge in [0.25, 0.3) is 0 Å². The molecule has 0 aromatic rings. The number of piperidine rings is 1. The van der Waals surface area contributed by atoms with Gasteiger partial charge in [0.05, 0.1) is 12.6 Å². The number of rotatable bonds is 11. The summed E-state index contributed by atoms with van der Waals surface area (Å²) in [5, 5.41) is 14.4. The summed E-state index contributed by atoms with van der Waals surface area (Å²) in [4.78, 5) is 41.7. The normalized spacial score (nSPS) is 18.7. The molecule has 0 saturated carbocycles. The zero-order valence-electron chi connectivity index (χ0n) is 20.1. The SMILES string of the molecule is C/C(=C\CCN(C)C(=O)C(NC(=O)C1CCCCN1C(C)C)C(C)C)C(=O)NCCO. The molecule has 0 radical (unpaired) electrons. The molecule has 1 aliphatic rings. The van der Waals surface area contributed by atoms with Crippen molar-refractivity contribution in [2.24, 2.45) is 5.92 Å². The number of amides is 3. The third-order valence-corrected chi connectivity index (χ3v) is 5.79. The van der Waals surface area contributed by atoms with Crippen molar-refractivity contribution in [2.75, 3.05) is 33.3 Å². The number of hydrogen-bond acceptors (Lipinski definition) is 5. The van der Waals surface area contributed by atoms with Crippen molar-refractivity contribution < 1.29 is 19.5 Å². The molecule has 1 heterocycles. The monoisotopic (exact) mass is 438 g/mol. The Kier molecular flexibility index (Phi) is 11.8. The highest BCUT2D eigenvalue weighted by molar-refractivity contribution is 5.92. The average molecular weight is 439 g/mol. The average Bonchev–Trinajstić information content (AvgIpc) is 2.74. The van der Waals surface area contributed by atoms with Crippen LogP contribution in [0.15, 0.2) is 11.6 Å². The Bertz CT molecular complexity index is 633. The van der Waals surface area contributed by atoms with Crippen LogP contribution < -0.4 is 10.6 Å². The van der Waals surface area contributed by atoms with Gasteiger partial charge in [0.2, 0.25) is 17.7 Å². The lowest BCUT2D eigenvalue weighted by Gasteiger charge is -2.38. The number of hydrogen-bond donors (Lipinski definition) is 3. The van der Waals surface area contributed by atoms with Crippen LogP contribution in [0.25, 0.3) is 0 Å². The number of aliphatic hydroxyl groups is 1. The van der Waals surface area contributed by atoms with Crippen LogP contribution in [-0.2, 0) is 14.4 Å². The van der Waals surface area contributed by atoms with E-state index in [9.17, 15) is 14.4 Å². The quantitative estimate of drug-likeness (QED) is 0.422. The second-order valence-electron chi connectivity index (χ2n) is 8.99. The summed E-state index contributed by atoms with van der Waals surface area (Å²) in [6, 6.07) is -0.473. The predicted octanol–water partition coefficient (Wildman–Crippen LogP) is 1.29. The molecule has 3 amide bonds. The van der Waals surface area contributed by atoms with Gasteiger partial charge in [-0.25, -0.2) is 0 Å². The van der Waals surface area contributed by atoms with Gasteiger partial charge in [-0.2, -0.15) is 0 Å². The molecule has 1 aliphatic heterocycles. The fourth-order valence-electron chi connectivity index (χ4n) is 3.84. The van der Waals surface area contributed by atoms with Crippen LogP contribution in [0.2, 0.25) is 0 Å². The minimum absolute atomic E-state index is 0.0310. The first-order chi connectivity index (χ1) is 14.6. The fraction of sp³-hybridized carbons (Fsp3) is 0.783. The predicted molar refractivity (Wildman–Crippen MR) is 122 cm³/mol. The summed E-state index contributed by atoms with van der Waals surface area (Å²) < 4.78 is 0. The number of aliphatic hydroxyl groups excluding tert-OH is 1. The van der Waals surface area contributed by atoms with E-state index in [1.807, 2.05) is 13.8 Å². The third kappa shape index (κ3) is 8.61. The molecule has 0 spiro atoms. The van der Waals surface area contributed by atoms with Crippen molar-refractivity contribution in [3.8, 4) is 0 Å². The lowest BCUT2D eigenvalue weighted by atomic mass is 9.97. The van der Waals surface area contributed by atoms with E-state index in [4.69, 9.17) is 5.11 Å². The van der Waals surface area contributed by atoms with E-state index in [-0.39, 0.29) is 48.9 Å². The maximum Gasteiger partial charge on any atom is 0.246 e. The molecule has 3 N–H and O–H groups in total. The Labute approximate surface area is 187 Å². The van der Waals surface area contributed by atoms with E-state index in [0.717, 1.165) is 25.8 Å². The summed E-state index contributed by atoms with van der Waals surface area (Å²) in [5.74, 6) is -0.440. The van der Waals surface area contributed by atoms with Gasteiger partial charge in [-0.3, -0.25) is 19.3 Å². The van der Waals surface area contributed by atoms with Crippen molar-refractivity contribution in [3.05, 3.63) is 11.6 Å². The van der Waals surface area contributed by atoms with E-state index in [1.165, 1.54) is 0 Å². The maximum absolute atomic E-state index is 13.0. The molecule has 0 aromatic heterocycles. The van der Waals surface area contributed by atoms with Crippen molar-refractivity contribution >= 4 is 17.7 Å². The molecule has 1 saturated heterocycles. The first-order valence-corrected chi connectivity index (χ1v) is 11.5. The van der Waals surface area contributed by atoms with Crippen LogP contribution >= 0.6 is 0 Å². The van der Waals surface area contributed by atoms with Gasteiger partial charge in [0.15, 0.2) is 0 Å². The standard InChI is InChI=1S/C23H42N4O4/c1-16(2)20(25-22(30)19-11-7-8-14-27(19)17(3)4)23(31)26(6)13-9-10-18(5)21(29)24-12-15-28/h10,16-17,19-20,28H,7-9,11-15H2,1-6H3,(H,24,29)(H,25,30)/b18-10+. The molecular weight excluding hydrogens is 396 g/mol. The molecule has 1 rings (SSSR count). The van der Waals surface area contributed by atoms with Gasteiger partial charge < -0.3 is 20.6 Å². The summed E-state index contributed by atoms with van der Waals surface area (Å²) >= 11 is 0. The number of carbonyl (C=O) groups excluding carboxylic acids is 3. The minimum atomic E-state index is -0.577. The van der Waals surface area contributed by atoms with Crippen LogP contribution in [0.1, 0.15) is 60.3 Å².